The second-order valence-electron chi connectivity index (χ2n) is 4.47. The van der Waals surface area contributed by atoms with Crippen molar-refractivity contribution >= 4 is 0 Å². The minimum atomic E-state index is -0.788. The fourth-order valence-corrected chi connectivity index (χ4v) is 1.69. The fraction of sp³-hybridized carbons (Fsp3) is 0.538. The minimum Gasteiger partial charge on any atom is -0.386 e. The molecule has 0 bridgehead atoms. The molecular weight excluding hydrogens is 188 g/mol. The third-order valence-corrected chi connectivity index (χ3v) is 2.59. The Balaban J connectivity index is 2.97. The van der Waals surface area contributed by atoms with E-state index in [4.69, 9.17) is 4.74 Å². The first kappa shape index (κ1) is 12.2. The van der Waals surface area contributed by atoms with Crippen LogP contribution in [0.15, 0.2) is 24.3 Å². The van der Waals surface area contributed by atoms with Crippen LogP contribution >= 0.6 is 0 Å². The van der Waals surface area contributed by atoms with Crippen LogP contribution in [0.4, 0.5) is 0 Å². The summed E-state index contributed by atoms with van der Waals surface area (Å²) in [4.78, 5) is 0. The van der Waals surface area contributed by atoms with Crippen LogP contribution < -0.4 is 0 Å². The van der Waals surface area contributed by atoms with Crippen LogP contribution in [-0.4, -0.2) is 18.3 Å². The average molecular weight is 208 g/mol. The standard InChI is InChI=1S/C13H20O2/c1-10(15-4)9-11-7-5-6-8-12(11)13(2,3)14/h5-8,10,14H,9H2,1-4H3. The lowest BCUT2D eigenvalue weighted by atomic mass is 9.91. The van der Waals surface area contributed by atoms with Gasteiger partial charge in [0.2, 0.25) is 0 Å². The first-order valence-electron chi connectivity index (χ1n) is 5.28. The lowest BCUT2D eigenvalue weighted by Gasteiger charge is -2.22. The van der Waals surface area contributed by atoms with Gasteiger partial charge in [0.15, 0.2) is 0 Å². The van der Waals surface area contributed by atoms with Gasteiger partial charge < -0.3 is 9.84 Å². The van der Waals surface area contributed by atoms with Crippen LogP contribution in [0.1, 0.15) is 31.9 Å². The zero-order valence-corrected chi connectivity index (χ0v) is 9.95. The van der Waals surface area contributed by atoms with Crippen molar-refractivity contribution in [2.45, 2.75) is 38.9 Å². The summed E-state index contributed by atoms with van der Waals surface area (Å²) in [5.74, 6) is 0. The highest BCUT2D eigenvalue weighted by atomic mass is 16.5. The molecule has 15 heavy (non-hydrogen) atoms. The summed E-state index contributed by atoms with van der Waals surface area (Å²) in [5.41, 5.74) is 1.34. The van der Waals surface area contributed by atoms with Crippen molar-refractivity contribution in [3.63, 3.8) is 0 Å². The molecule has 0 amide bonds. The van der Waals surface area contributed by atoms with Gasteiger partial charge in [0.05, 0.1) is 11.7 Å². The number of ether oxygens (including phenoxy) is 1. The maximum atomic E-state index is 10.0. The molecule has 2 nitrogen and oxygen atoms in total. The molecule has 0 saturated heterocycles. The lowest BCUT2D eigenvalue weighted by molar-refractivity contribution is 0.0755. The molecule has 0 aliphatic rings. The van der Waals surface area contributed by atoms with E-state index < -0.39 is 5.60 Å². The second kappa shape index (κ2) is 4.77. The number of hydrogen-bond donors (Lipinski definition) is 1. The zero-order chi connectivity index (χ0) is 11.5. The van der Waals surface area contributed by atoms with E-state index in [1.807, 2.05) is 45.0 Å². The number of hydrogen-bond acceptors (Lipinski definition) is 2. The molecule has 0 aromatic heterocycles. The molecule has 1 unspecified atom stereocenters. The molecular formula is C13H20O2. The van der Waals surface area contributed by atoms with Crippen molar-refractivity contribution in [1.82, 2.24) is 0 Å². The summed E-state index contributed by atoms with van der Waals surface area (Å²) >= 11 is 0. The van der Waals surface area contributed by atoms with E-state index in [2.05, 4.69) is 0 Å². The minimum absolute atomic E-state index is 0.175. The highest BCUT2D eigenvalue weighted by molar-refractivity contribution is 5.31. The molecule has 0 fully saturated rings. The van der Waals surface area contributed by atoms with Crippen molar-refractivity contribution in [2.75, 3.05) is 7.11 Å². The van der Waals surface area contributed by atoms with Gasteiger partial charge >= 0.3 is 0 Å². The van der Waals surface area contributed by atoms with E-state index in [0.29, 0.717) is 0 Å². The normalized spacial score (nSPS) is 13.9. The largest absolute Gasteiger partial charge is 0.386 e. The Morgan fingerprint density at radius 2 is 1.93 bits per heavy atom. The maximum absolute atomic E-state index is 10.0. The third-order valence-electron chi connectivity index (χ3n) is 2.59. The Bertz CT molecular complexity index is 313. The topological polar surface area (TPSA) is 29.5 Å². The fourth-order valence-electron chi connectivity index (χ4n) is 1.69. The van der Waals surface area contributed by atoms with E-state index in [1.165, 1.54) is 0 Å². The first-order chi connectivity index (χ1) is 6.95. The van der Waals surface area contributed by atoms with Gasteiger partial charge in [-0.1, -0.05) is 24.3 Å². The van der Waals surface area contributed by atoms with Crippen LogP contribution in [0.25, 0.3) is 0 Å². The molecule has 2 heteroatoms. The highest BCUT2D eigenvalue weighted by Gasteiger charge is 2.19. The van der Waals surface area contributed by atoms with Gasteiger partial charge in [-0.15, -0.1) is 0 Å². The Hall–Kier alpha value is -0.860. The zero-order valence-electron chi connectivity index (χ0n) is 9.95. The smallest absolute Gasteiger partial charge is 0.0843 e. The molecule has 0 spiro atoms. The third kappa shape index (κ3) is 3.33. The molecule has 1 aromatic carbocycles. The highest BCUT2D eigenvalue weighted by Crippen LogP contribution is 2.24. The van der Waals surface area contributed by atoms with Gasteiger partial charge in [-0.25, -0.2) is 0 Å². The quantitative estimate of drug-likeness (QED) is 0.823. The van der Waals surface area contributed by atoms with Crippen molar-refractivity contribution in [1.29, 1.82) is 0 Å². The van der Waals surface area contributed by atoms with Gasteiger partial charge in [-0.2, -0.15) is 0 Å². The van der Waals surface area contributed by atoms with E-state index in [1.54, 1.807) is 7.11 Å². The maximum Gasteiger partial charge on any atom is 0.0843 e. The molecule has 1 aromatic rings. The van der Waals surface area contributed by atoms with Crippen LogP contribution in [0.2, 0.25) is 0 Å². The number of benzene rings is 1. The summed E-state index contributed by atoms with van der Waals surface area (Å²) < 4.78 is 5.24. The lowest BCUT2D eigenvalue weighted by Crippen LogP contribution is -2.20. The van der Waals surface area contributed by atoms with Gasteiger partial charge in [-0.3, -0.25) is 0 Å². The van der Waals surface area contributed by atoms with Crippen LogP contribution in [-0.2, 0) is 16.8 Å². The Kier molecular flexibility index (Phi) is 3.89. The van der Waals surface area contributed by atoms with E-state index in [0.717, 1.165) is 17.5 Å². The predicted molar refractivity (Wildman–Crippen MR) is 61.9 cm³/mol. The summed E-state index contributed by atoms with van der Waals surface area (Å²) in [7, 11) is 1.71. The van der Waals surface area contributed by atoms with Gasteiger partial charge in [0, 0.05) is 7.11 Å². The summed E-state index contributed by atoms with van der Waals surface area (Å²) in [6.07, 6.45) is 1.00. The number of rotatable bonds is 4. The molecule has 0 radical (unpaired) electrons. The Labute approximate surface area is 91.9 Å². The van der Waals surface area contributed by atoms with Crippen molar-refractivity contribution < 1.29 is 9.84 Å². The number of aliphatic hydroxyl groups is 1. The van der Waals surface area contributed by atoms with E-state index in [9.17, 15) is 5.11 Å². The van der Waals surface area contributed by atoms with Crippen molar-refractivity contribution in [3.8, 4) is 0 Å². The van der Waals surface area contributed by atoms with Crippen LogP contribution in [0, 0.1) is 0 Å². The average Bonchev–Trinajstić information content (AvgIpc) is 2.17. The first-order valence-corrected chi connectivity index (χ1v) is 5.28. The molecule has 0 saturated carbocycles. The molecule has 0 aliphatic carbocycles. The van der Waals surface area contributed by atoms with E-state index in [-0.39, 0.29) is 6.10 Å². The van der Waals surface area contributed by atoms with Crippen molar-refractivity contribution in [3.05, 3.63) is 35.4 Å². The molecule has 0 aliphatic heterocycles. The molecule has 1 rings (SSSR count). The summed E-state index contributed by atoms with van der Waals surface area (Å²) in [6.45, 7) is 5.65. The Morgan fingerprint density at radius 1 is 1.33 bits per heavy atom. The molecule has 1 N–H and O–H groups in total. The van der Waals surface area contributed by atoms with E-state index >= 15 is 0 Å². The second-order valence-corrected chi connectivity index (χ2v) is 4.47. The predicted octanol–water partition coefficient (Wildman–Crippen LogP) is 2.49. The number of methoxy groups -OCH3 is 1. The Morgan fingerprint density at radius 3 is 2.47 bits per heavy atom. The van der Waals surface area contributed by atoms with Gasteiger partial charge in [0.25, 0.3) is 0 Å². The monoisotopic (exact) mass is 208 g/mol. The van der Waals surface area contributed by atoms with Crippen LogP contribution in [0.5, 0.6) is 0 Å². The SMILES string of the molecule is COC(C)Cc1ccccc1C(C)(C)O. The molecule has 1 atom stereocenters. The van der Waals surface area contributed by atoms with Crippen molar-refractivity contribution in [2.24, 2.45) is 0 Å². The van der Waals surface area contributed by atoms with Gasteiger partial charge in [-0.05, 0) is 38.3 Å². The summed E-state index contributed by atoms with van der Waals surface area (Å²) in [6, 6.07) is 7.96. The van der Waals surface area contributed by atoms with Gasteiger partial charge in [0.1, 0.15) is 0 Å². The summed E-state index contributed by atoms with van der Waals surface area (Å²) in [5, 5.41) is 10.0. The molecule has 84 valence electrons. The molecule has 0 heterocycles. The van der Waals surface area contributed by atoms with Crippen LogP contribution in [0.3, 0.4) is 0 Å².